The van der Waals surface area contributed by atoms with Crippen LogP contribution in [0.2, 0.25) is 0 Å². The van der Waals surface area contributed by atoms with Crippen molar-refractivity contribution in [3.8, 4) is 0 Å². The smallest absolute Gasteiger partial charge is 0.299 e. The summed E-state index contributed by atoms with van der Waals surface area (Å²) < 4.78 is 4.73. The molecule has 0 saturated carbocycles. The van der Waals surface area contributed by atoms with Gasteiger partial charge in [-0.15, -0.1) is 0 Å². The largest absolute Gasteiger partial charge is 0.445 e. The molecule has 0 aliphatic carbocycles. The number of rotatable bonds is 3. The van der Waals surface area contributed by atoms with Crippen LogP contribution in [0.3, 0.4) is 0 Å². The molecule has 0 aromatic heterocycles. The number of aliphatic hydroxyl groups is 1. The summed E-state index contributed by atoms with van der Waals surface area (Å²) >= 11 is 0. The molecule has 4 heteroatoms. The van der Waals surface area contributed by atoms with Crippen LogP contribution >= 0.6 is 0 Å². The van der Waals surface area contributed by atoms with Crippen molar-refractivity contribution in [3.05, 3.63) is 0 Å². The third-order valence-corrected chi connectivity index (χ3v) is 0.440. The number of aliphatic hydroxyl groups excluding tert-OH is 1. The van der Waals surface area contributed by atoms with Crippen LogP contribution in [0, 0.1) is 0 Å². The fourth-order valence-electron chi connectivity index (χ4n) is 0.209. The first-order valence-electron chi connectivity index (χ1n) is 2.10. The lowest BCUT2D eigenvalue weighted by atomic mass is 10.0. The quantitative estimate of drug-likeness (QED) is 0.314. The van der Waals surface area contributed by atoms with E-state index in [1.54, 1.807) is 0 Å². The van der Waals surface area contributed by atoms with Crippen LogP contribution in [0.15, 0.2) is 0 Å². The van der Waals surface area contributed by atoms with Gasteiger partial charge in [0.2, 0.25) is 0 Å². The van der Waals surface area contributed by atoms with Gasteiger partial charge in [-0.1, -0.05) is 0 Å². The van der Waals surface area contributed by atoms with Crippen molar-refractivity contribution in [2.45, 2.75) is 0 Å². The molecule has 2 nitrogen and oxygen atoms in total. The van der Waals surface area contributed by atoms with E-state index in [9.17, 15) is 0 Å². The molecule has 0 radical (unpaired) electrons. The highest BCUT2D eigenvalue weighted by molar-refractivity contribution is 6.27. The highest BCUT2D eigenvalue weighted by Gasteiger charge is 1.79. The van der Waals surface area contributed by atoms with Gasteiger partial charge in [-0.25, -0.2) is 0 Å². The van der Waals surface area contributed by atoms with Crippen LogP contribution in [0.4, 0.5) is 0 Å². The first-order chi connectivity index (χ1) is 2.91. The van der Waals surface area contributed by atoms with Gasteiger partial charge in [-0.3, -0.25) is 0 Å². The summed E-state index contributed by atoms with van der Waals surface area (Å²) in [6.45, 7) is 0.828. The monoisotopic (exact) mass is 86.1 g/mol. The van der Waals surface area contributed by atoms with Gasteiger partial charge in [0.1, 0.15) is 7.85 Å². The fourth-order valence-corrected chi connectivity index (χ4v) is 0.209. The number of hydrogen-bond acceptors (Lipinski definition) is 2. The Bertz CT molecular complexity index is 21.5. The molecule has 0 spiro atoms. The molecular formula is C2H8B2O2. The summed E-state index contributed by atoms with van der Waals surface area (Å²) in [5, 5.41) is 8.07. The Balaban J connectivity index is 2.34. The SMILES string of the molecule is BCOBCO. The molecule has 0 rings (SSSR count). The molecule has 0 fully saturated rings. The van der Waals surface area contributed by atoms with E-state index < -0.39 is 0 Å². The lowest BCUT2D eigenvalue weighted by Gasteiger charge is -1.89. The molecule has 0 amide bonds. The molecule has 0 atom stereocenters. The first kappa shape index (κ1) is 6.05. The molecule has 1 N–H and O–H groups in total. The van der Waals surface area contributed by atoms with E-state index in [2.05, 4.69) is 0 Å². The second-order valence-electron chi connectivity index (χ2n) is 0.921. The van der Waals surface area contributed by atoms with Gasteiger partial charge in [0.05, 0.1) is 0 Å². The lowest BCUT2D eigenvalue weighted by Crippen LogP contribution is -2.04. The van der Waals surface area contributed by atoms with Crippen molar-refractivity contribution in [1.29, 1.82) is 0 Å². The molecule has 0 aromatic carbocycles. The first-order valence-corrected chi connectivity index (χ1v) is 2.10. The predicted octanol–water partition coefficient (Wildman–Crippen LogP) is -2.11. The molecule has 0 heterocycles. The van der Waals surface area contributed by atoms with E-state index in [-0.39, 0.29) is 6.51 Å². The van der Waals surface area contributed by atoms with Crippen LogP contribution in [0.25, 0.3) is 0 Å². The zero-order chi connectivity index (χ0) is 4.83. The van der Waals surface area contributed by atoms with Gasteiger partial charge < -0.3 is 9.76 Å². The van der Waals surface area contributed by atoms with Gasteiger partial charge in [-0.2, -0.15) is 0 Å². The summed E-state index contributed by atoms with van der Waals surface area (Å²) in [5.41, 5.74) is 0. The summed E-state index contributed by atoms with van der Waals surface area (Å²) in [6, 6.07) is 0. The number of hydrogen-bond donors (Lipinski definition) is 1. The Morgan fingerprint density at radius 2 is 2.50 bits per heavy atom. The minimum Gasteiger partial charge on any atom is -0.445 e. The second-order valence-corrected chi connectivity index (χ2v) is 0.921. The molecule has 0 aromatic rings. The minimum absolute atomic E-state index is 0.133. The molecule has 6 heavy (non-hydrogen) atoms. The third-order valence-electron chi connectivity index (χ3n) is 0.440. The molecule has 0 saturated heterocycles. The van der Waals surface area contributed by atoms with Gasteiger partial charge in [0.25, 0.3) is 7.48 Å². The maximum Gasteiger partial charge on any atom is 0.299 e. The standard InChI is InChI=1S/C2H8B2O2/c3-1-6-4-2-5/h4-5H,1-3H2. The van der Waals surface area contributed by atoms with Crippen LogP contribution < -0.4 is 0 Å². The zero-order valence-corrected chi connectivity index (χ0v) is 3.98. The van der Waals surface area contributed by atoms with Gasteiger partial charge in [-0.05, 0) is 6.51 Å². The van der Waals surface area contributed by atoms with E-state index in [1.807, 2.05) is 7.85 Å². The Labute approximate surface area is 39.2 Å². The average Bonchev–Trinajstić information content (AvgIpc) is 1.61. The van der Waals surface area contributed by atoms with Crippen molar-refractivity contribution in [2.75, 3.05) is 13.0 Å². The van der Waals surface area contributed by atoms with Gasteiger partial charge >= 0.3 is 0 Å². The van der Waals surface area contributed by atoms with Crippen LogP contribution in [0.1, 0.15) is 0 Å². The average molecular weight is 85.7 g/mol. The molecule has 34 valence electrons. The van der Waals surface area contributed by atoms with Crippen molar-refractivity contribution in [1.82, 2.24) is 0 Å². The van der Waals surface area contributed by atoms with E-state index in [0.717, 1.165) is 0 Å². The van der Waals surface area contributed by atoms with E-state index in [1.165, 1.54) is 0 Å². The Morgan fingerprint density at radius 1 is 1.83 bits per heavy atom. The molecule has 0 aliphatic heterocycles. The van der Waals surface area contributed by atoms with Crippen LogP contribution in [-0.2, 0) is 4.65 Å². The second kappa shape index (κ2) is 5.05. The third kappa shape index (κ3) is 4.05. The van der Waals surface area contributed by atoms with Gasteiger partial charge in [0.15, 0.2) is 0 Å². The van der Waals surface area contributed by atoms with E-state index in [4.69, 9.17) is 9.76 Å². The fraction of sp³-hybridized carbons (Fsp3) is 1.00. The summed E-state index contributed by atoms with van der Waals surface area (Å²) in [7, 11) is 2.37. The summed E-state index contributed by atoms with van der Waals surface area (Å²) in [5.74, 6) is 0. The highest BCUT2D eigenvalue weighted by Crippen LogP contribution is 1.58. The topological polar surface area (TPSA) is 29.5 Å². The maximum absolute atomic E-state index is 8.07. The van der Waals surface area contributed by atoms with Crippen LogP contribution in [0.5, 0.6) is 0 Å². The van der Waals surface area contributed by atoms with E-state index in [0.29, 0.717) is 14.0 Å². The summed E-state index contributed by atoms with van der Waals surface area (Å²) in [4.78, 5) is 0. The Hall–Kier alpha value is 0.0499. The molecule has 0 bridgehead atoms. The normalized spacial score (nSPS) is 8.17. The minimum atomic E-state index is 0.133. The summed E-state index contributed by atoms with van der Waals surface area (Å²) in [6.07, 6.45) is 0. The van der Waals surface area contributed by atoms with Crippen LogP contribution in [-0.4, -0.2) is 33.4 Å². The van der Waals surface area contributed by atoms with E-state index >= 15 is 0 Å². The Morgan fingerprint density at radius 3 is 2.67 bits per heavy atom. The highest BCUT2D eigenvalue weighted by atomic mass is 16.4. The van der Waals surface area contributed by atoms with Crippen molar-refractivity contribution < 1.29 is 9.76 Å². The lowest BCUT2D eigenvalue weighted by molar-refractivity contribution is 0.322. The van der Waals surface area contributed by atoms with Crippen molar-refractivity contribution in [3.63, 3.8) is 0 Å². The van der Waals surface area contributed by atoms with Crippen molar-refractivity contribution >= 4 is 15.3 Å². The molecule has 0 unspecified atom stereocenters. The van der Waals surface area contributed by atoms with Gasteiger partial charge in [0, 0.05) is 6.51 Å². The molecule has 0 aliphatic rings. The maximum atomic E-state index is 8.07. The van der Waals surface area contributed by atoms with Crippen molar-refractivity contribution in [2.24, 2.45) is 0 Å². The Kier molecular flexibility index (Phi) is 5.09. The molecular weight excluding hydrogens is 77.6 g/mol. The zero-order valence-electron chi connectivity index (χ0n) is 3.98. The predicted molar refractivity (Wildman–Crippen MR) is 28.7 cm³/mol.